The molecule has 3 rings (SSSR count). The number of piperidine rings is 1. The minimum Gasteiger partial charge on any atom is -0.504 e. The van der Waals surface area contributed by atoms with Crippen LogP contribution in [-0.4, -0.2) is 78.2 Å². The van der Waals surface area contributed by atoms with E-state index in [0.29, 0.717) is 6.54 Å². The van der Waals surface area contributed by atoms with E-state index in [0.717, 1.165) is 57.4 Å². The van der Waals surface area contributed by atoms with Gasteiger partial charge in [-0.05, 0) is 63.9 Å². The number of aromatic hydroxyl groups is 2. The largest absolute Gasteiger partial charge is 0.504 e. The molecular weight excluding hydrogens is 330 g/mol. The molecule has 1 aromatic rings. The molecule has 0 unspecified atom stereocenters. The third-order valence-corrected chi connectivity index (χ3v) is 5.70. The fraction of sp³-hybridized carbons (Fsp3) is 0.650. The van der Waals surface area contributed by atoms with E-state index in [1.807, 2.05) is 6.07 Å². The number of carbonyl (C=O) groups excluding carboxylic acids is 1. The van der Waals surface area contributed by atoms with Crippen molar-refractivity contribution in [2.45, 2.75) is 26.2 Å². The molecule has 0 aromatic heterocycles. The molecule has 0 aliphatic carbocycles. The summed E-state index contributed by atoms with van der Waals surface area (Å²) in [4.78, 5) is 18.3. The number of piperazine rings is 1. The molecule has 6 nitrogen and oxygen atoms in total. The highest BCUT2D eigenvalue weighted by Gasteiger charge is 2.22. The summed E-state index contributed by atoms with van der Waals surface area (Å²) in [6.45, 7) is 9.50. The molecule has 2 fully saturated rings. The number of hydrogen-bond donors (Lipinski definition) is 2. The zero-order valence-corrected chi connectivity index (χ0v) is 15.7. The van der Waals surface area contributed by atoms with Gasteiger partial charge in [-0.15, -0.1) is 0 Å². The van der Waals surface area contributed by atoms with E-state index in [1.54, 1.807) is 19.1 Å². The van der Waals surface area contributed by atoms with Crippen molar-refractivity contribution in [1.29, 1.82) is 0 Å². The second-order valence-electron chi connectivity index (χ2n) is 7.71. The Balaban J connectivity index is 1.37. The van der Waals surface area contributed by atoms with E-state index in [4.69, 9.17) is 0 Å². The predicted octanol–water partition coefficient (Wildman–Crippen LogP) is 1.91. The summed E-state index contributed by atoms with van der Waals surface area (Å²) >= 11 is 0. The average molecular weight is 361 g/mol. The van der Waals surface area contributed by atoms with E-state index in [-0.39, 0.29) is 17.3 Å². The summed E-state index contributed by atoms with van der Waals surface area (Å²) in [5.74, 6) is 0.927. The van der Waals surface area contributed by atoms with Crippen molar-refractivity contribution in [3.63, 3.8) is 0 Å². The van der Waals surface area contributed by atoms with Crippen LogP contribution in [0.5, 0.6) is 11.5 Å². The molecule has 0 spiro atoms. The number of phenols is 2. The SMILES string of the molecule is CC(=O)CN1CCC(CCN2CCN(c3ccc(O)c(O)c3)CC2)CC1. The van der Waals surface area contributed by atoms with Gasteiger partial charge in [0.25, 0.3) is 0 Å². The number of ketones is 1. The maximum absolute atomic E-state index is 11.2. The van der Waals surface area contributed by atoms with Gasteiger partial charge >= 0.3 is 0 Å². The van der Waals surface area contributed by atoms with Gasteiger partial charge in [-0.3, -0.25) is 14.6 Å². The molecule has 0 bridgehead atoms. The molecule has 0 atom stereocenters. The highest BCUT2D eigenvalue weighted by molar-refractivity contribution is 5.77. The van der Waals surface area contributed by atoms with Crippen molar-refractivity contribution < 1.29 is 15.0 Å². The monoisotopic (exact) mass is 361 g/mol. The van der Waals surface area contributed by atoms with Crippen LogP contribution < -0.4 is 4.90 Å². The Bertz CT molecular complexity index is 606. The van der Waals surface area contributed by atoms with Gasteiger partial charge in [0.1, 0.15) is 5.78 Å². The number of anilines is 1. The molecule has 0 radical (unpaired) electrons. The second kappa shape index (κ2) is 8.73. The molecule has 2 aliphatic heterocycles. The molecule has 1 aromatic carbocycles. The predicted molar refractivity (Wildman–Crippen MR) is 103 cm³/mol. The van der Waals surface area contributed by atoms with Crippen molar-refractivity contribution in [2.75, 3.05) is 57.3 Å². The van der Waals surface area contributed by atoms with Crippen molar-refractivity contribution in [1.82, 2.24) is 9.80 Å². The first-order valence-corrected chi connectivity index (χ1v) is 9.72. The highest BCUT2D eigenvalue weighted by Crippen LogP contribution is 2.30. The lowest BCUT2D eigenvalue weighted by Gasteiger charge is -2.37. The van der Waals surface area contributed by atoms with Crippen LogP contribution in [0.3, 0.4) is 0 Å². The van der Waals surface area contributed by atoms with Gasteiger partial charge in [0.05, 0.1) is 6.54 Å². The third kappa shape index (κ3) is 5.11. The van der Waals surface area contributed by atoms with Crippen molar-refractivity contribution >= 4 is 11.5 Å². The van der Waals surface area contributed by atoms with E-state index in [2.05, 4.69) is 14.7 Å². The molecule has 26 heavy (non-hydrogen) atoms. The topological polar surface area (TPSA) is 67.3 Å². The van der Waals surface area contributed by atoms with Gasteiger partial charge in [0, 0.05) is 37.9 Å². The minimum absolute atomic E-state index is 0.0546. The lowest BCUT2D eigenvalue weighted by molar-refractivity contribution is -0.118. The molecule has 6 heteroatoms. The molecule has 2 aliphatic rings. The van der Waals surface area contributed by atoms with Crippen LogP contribution in [-0.2, 0) is 4.79 Å². The zero-order chi connectivity index (χ0) is 18.5. The van der Waals surface area contributed by atoms with E-state index >= 15 is 0 Å². The number of carbonyl (C=O) groups is 1. The number of benzene rings is 1. The fourth-order valence-corrected chi connectivity index (χ4v) is 4.05. The summed E-state index contributed by atoms with van der Waals surface area (Å²) in [7, 11) is 0. The standard InChI is InChI=1S/C20H31N3O3/c1-16(24)15-22-8-5-17(6-9-22)4-7-21-10-12-23(13-11-21)18-2-3-19(25)20(26)14-18/h2-3,14,17,25-26H,4-13,15H2,1H3. The van der Waals surface area contributed by atoms with Crippen LogP contribution >= 0.6 is 0 Å². The van der Waals surface area contributed by atoms with Crippen LogP contribution in [0.25, 0.3) is 0 Å². The summed E-state index contributed by atoms with van der Waals surface area (Å²) in [5, 5.41) is 19.1. The van der Waals surface area contributed by atoms with E-state index < -0.39 is 0 Å². The number of nitrogens with zero attached hydrogens (tertiary/aromatic N) is 3. The Labute approximate surface area is 156 Å². The van der Waals surface area contributed by atoms with E-state index in [1.165, 1.54) is 19.3 Å². The zero-order valence-electron chi connectivity index (χ0n) is 15.7. The van der Waals surface area contributed by atoms with Crippen LogP contribution in [0.4, 0.5) is 5.69 Å². The first-order chi connectivity index (χ1) is 12.5. The number of rotatable bonds is 6. The van der Waals surface area contributed by atoms with Crippen molar-refractivity contribution in [2.24, 2.45) is 5.92 Å². The van der Waals surface area contributed by atoms with Gasteiger partial charge < -0.3 is 15.1 Å². The molecule has 144 valence electrons. The Kier molecular flexibility index (Phi) is 6.38. The van der Waals surface area contributed by atoms with Crippen LogP contribution in [0.1, 0.15) is 26.2 Å². The maximum Gasteiger partial charge on any atom is 0.159 e. The van der Waals surface area contributed by atoms with Gasteiger partial charge in [-0.25, -0.2) is 0 Å². The molecule has 0 saturated carbocycles. The van der Waals surface area contributed by atoms with Crippen LogP contribution in [0, 0.1) is 5.92 Å². The Morgan fingerprint density at radius 1 is 1.00 bits per heavy atom. The summed E-state index contributed by atoms with van der Waals surface area (Å²) in [6.07, 6.45) is 3.66. The Morgan fingerprint density at radius 2 is 1.69 bits per heavy atom. The van der Waals surface area contributed by atoms with E-state index in [9.17, 15) is 15.0 Å². The van der Waals surface area contributed by atoms with Gasteiger partial charge in [-0.1, -0.05) is 0 Å². The van der Waals surface area contributed by atoms with Crippen molar-refractivity contribution in [3.05, 3.63) is 18.2 Å². The lowest BCUT2D eigenvalue weighted by Crippen LogP contribution is -2.47. The summed E-state index contributed by atoms with van der Waals surface area (Å²) < 4.78 is 0. The molecule has 2 saturated heterocycles. The van der Waals surface area contributed by atoms with Crippen LogP contribution in [0.15, 0.2) is 18.2 Å². The average Bonchev–Trinajstić information content (AvgIpc) is 2.63. The lowest BCUT2D eigenvalue weighted by atomic mass is 9.93. The van der Waals surface area contributed by atoms with Gasteiger partial charge in [0.15, 0.2) is 11.5 Å². The molecule has 0 amide bonds. The fourth-order valence-electron chi connectivity index (χ4n) is 4.05. The van der Waals surface area contributed by atoms with Crippen molar-refractivity contribution in [3.8, 4) is 11.5 Å². The quantitative estimate of drug-likeness (QED) is 0.755. The number of hydrogen-bond acceptors (Lipinski definition) is 6. The smallest absolute Gasteiger partial charge is 0.159 e. The third-order valence-electron chi connectivity index (χ3n) is 5.70. The normalized spacial score (nSPS) is 20.4. The first kappa shape index (κ1) is 19.0. The molecular formula is C20H31N3O3. The number of likely N-dealkylation sites (tertiary alicyclic amines) is 1. The second-order valence-corrected chi connectivity index (χ2v) is 7.71. The molecule has 2 N–H and O–H groups in total. The Morgan fingerprint density at radius 3 is 2.31 bits per heavy atom. The Hall–Kier alpha value is -1.79. The first-order valence-electron chi connectivity index (χ1n) is 9.72. The van der Waals surface area contributed by atoms with Crippen LogP contribution in [0.2, 0.25) is 0 Å². The van der Waals surface area contributed by atoms with Gasteiger partial charge in [-0.2, -0.15) is 0 Å². The summed E-state index contributed by atoms with van der Waals surface area (Å²) in [6, 6.07) is 5.05. The maximum atomic E-state index is 11.2. The highest BCUT2D eigenvalue weighted by atomic mass is 16.3. The van der Waals surface area contributed by atoms with Gasteiger partial charge in [0.2, 0.25) is 0 Å². The number of Topliss-reactive ketones (excluding diaryl/α,β-unsaturated/α-hetero) is 1. The molecule has 2 heterocycles. The number of phenolic OH excluding ortho intramolecular Hbond substituents is 2. The summed E-state index contributed by atoms with van der Waals surface area (Å²) in [5.41, 5.74) is 0.970. The minimum atomic E-state index is -0.0678.